The van der Waals surface area contributed by atoms with Gasteiger partial charge in [0, 0.05) is 31.1 Å². The summed E-state index contributed by atoms with van der Waals surface area (Å²) in [5.74, 6) is 0.317. The van der Waals surface area contributed by atoms with E-state index in [1.165, 1.54) is 39.0 Å². The molecule has 2 rings (SSSR count). The molecule has 3 N–H and O–H groups in total. The zero-order valence-corrected chi connectivity index (χ0v) is 11.2. The number of hydrogen-bond donors (Lipinski definition) is 2. The minimum atomic E-state index is -0.146. The van der Waals surface area contributed by atoms with Crippen LogP contribution in [0.4, 0.5) is 0 Å². The van der Waals surface area contributed by atoms with Crippen LogP contribution in [0.1, 0.15) is 33.1 Å². The normalized spacial score (nSPS) is 27.1. The molecule has 4 heteroatoms. The van der Waals surface area contributed by atoms with E-state index in [-0.39, 0.29) is 5.41 Å². The predicted octanol–water partition coefficient (Wildman–Crippen LogP) is 1.12. The van der Waals surface area contributed by atoms with Crippen molar-refractivity contribution < 1.29 is 0 Å². The molecule has 0 aromatic carbocycles. The summed E-state index contributed by atoms with van der Waals surface area (Å²) < 4.78 is 0. The van der Waals surface area contributed by atoms with Crippen LogP contribution in [0.3, 0.4) is 0 Å². The minimum Gasteiger partial charge on any atom is -0.387 e. The van der Waals surface area contributed by atoms with Crippen molar-refractivity contribution in [2.45, 2.75) is 39.2 Å². The summed E-state index contributed by atoms with van der Waals surface area (Å²) in [6, 6.07) is 0.796. The highest BCUT2D eigenvalue weighted by Gasteiger charge is 2.31. The van der Waals surface area contributed by atoms with Crippen LogP contribution in [0.25, 0.3) is 0 Å². The van der Waals surface area contributed by atoms with E-state index in [0.29, 0.717) is 5.84 Å². The van der Waals surface area contributed by atoms with Gasteiger partial charge in [0.25, 0.3) is 0 Å². The molecule has 0 aliphatic carbocycles. The van der Waals surface area contributed by atoms with Gasteiger partial charge in [-0.05, 0) is 32.4 Å². The number of nitrogens with two attached hydrogens (primary N) is 1. The first-order valence-electron chi connectivity index (χ1n) is 6.80. The third-order valence-electron chi connectivity index (χ3n) is 4.45. The van der Waals surface area contributed by atoms with Crippen LogP contribution in [0.2, 0.25) is 0 Å². The van der Waals surface area contributed by atoms with Gasteiger partial charge in [-0.2, -0.15) is 0 Å². The molecule has 2 saturated heterocycles. The Morgan fingerprint density at radius 3 is 2.82 bits per heavy atom. The van der Waals surface area contributed by atoms with Gasteiger partial charge in [0.05, 0.1) is 5.84 Å². The van der Waals surface area contributed by atoms with Crippen LogP contribution < -0.4 is 5.73 Å². The van der Waals surface area contributed by atoms with E-state index in [2.05, 4.69) is 23.6 Å². The highest BCUT2D eigenvalue weighted by Crippen LogP contribution is 2.24. The lowest BCUT2D eigenvalue weighted by molar-refractivity contribution is 0.0983. The lowest BCUT2D eigenvalue weighted by Crippen LogP contribution is -2.50. The van der Waals surface area contributed by atoms with E-state index in [1.54, 1.807) is 0 Å². The van der Waals surface area contributed by atoms with Gasteiger partial charge in [-0.25, -0.2) is 0 Å². The molecule has 0 radical (unpaired) electrons. The number of rotatable bonds is 4. The number of hydrogen-bond acceptors (Lipinski definition) is 3. The molecule has 1 unspecified atom stereocenters. The molecule has 4 nitrogen and oxygen atoms in total. The summed E-state index contributed by atoms with van der Waals surface area (Å²) in [7, 11) is 0. The monoisotopic (exact) mass is 238 g/mol. The van der Waals surface area contributed by atoms with Crippen molar-refractivity contribution in [3.05, 3.63) is 0 Å². The highest BCUT2D eigenvalue weighted by molar-refractivity contribution is 5.82. The summed E-state index contributed by atoms with van der Waals surface area (Å²) in [5, 5.41) is 7.58. The molecule has 0 aromatic rings. The van der Waals surface area contributed by atoms with Crippen LogP contribution in [-0.2, 0) is 0 Å². The molecular weight excluding hydrogens is 212 g/mol. The number of amidine groups is 1. The zero-order valence-electron chi connectivity index (χ0n) is 11.2. The average molecular weight is 238 g/mol. The molecule has 2 fully saturated rings. The average Bonchev–Trinajstić information content (AvgIpc) is 2.73. The Balaban J connectivity index is 1.79. The van der Waals surface area contributed by atoms with Gasteiger partial charge in [0.15, 0.2) is 0 Å². The Labute approximate surface area is 105 Å². The molecule has 1 atom stereocenters. The molecule has 0 spiro atoms. The molecule has 0 saturated carbocycles. The molecule has 2 aliphatic rings. The van der Waals surface area contributed by atoms with E-state index in [1.807, 2.05) is 0 Å². The van der Waals surface area contributed by atoms with Gasteiger partial charge in [-0.15, -0.1) is 0 Å². The minimum absolute atomic E-state index is 0.146. The summed E-state index contributed by atoms with van der Waals surface area (Å²) in [6.07, 6.45) is 3.74. The summed E-state index contributed by atoms with van der Waals surface area (Å²) in [5.41, 5.74) is 5.48. The van der Waals surface area contributed by atoms with E-state index in [0.717, 1.165) is 19.0 Å². The van der Waals surface area contributed by atoms with Crippen molar-refractivity contribution in [3.8, 4) is 0 Å². The fourth-order valence-electron chi connectivity index (χ4n) is 2.83. The Morgan fingerprint density at radius 1 is 1.35 bits per heavy atom. The Morgan fingerprint density at radius 2 is 2.12 bits per heavy atom. The second-order valence-corrected chi connectivity index (χ2v) is 6.18. The standard InChI is InChI=1S/C13H26N4/c1-13(2,12(14)15)5-7-16-8-9-17-6-3-4-11(17)10-16/h11H,3-10H2,1-2H3,(H3,14,15). The third kappa shape index (κ3) is 2.99. The predicted molar refractivity (Wildman–Crippen MR) is 71.3 cm³/mol. The first kappa shape index (κ1) is 12.8. The van der Waals surface area contributed by atoms with Gasteiger partial charge >= 0.3 is 0 Å². The first-order valence-corrected chi connectivity index (χ1v) is 6.80. The van der Waals surface area contributed by atoms with Gasteiger partial charge in [-0.1, -0.05) is 13.8 Å². The highest BCUT2D eigenvalue weighted by atomic mass is 15.3. The molecule has 0 aromatic heterocycles. The van der Waals surface area contributed by atoms with Crippen molar-refractivity contribution in [3.63, 3.8) is 0 Å². The number of nitrogens with zero attached hydrogens (tertiary/aromatic N) is 2. The van der Waals surface area contributed by atoms with Crippen molar-refractivity contribution >= 4 is 5.84 Å². The SMILES string of the molecule is CC(C)(CCN1CCN2CCCC2C1)C(=N)N. The molecule has 17 heavy (non-hydrogen) atoms. The van der Waals surface area contributed by atoms with E-state index < -0.39 is 0 Å². The van der Waals surface area contributed by atoms with Crippen LogP contribution in [0.5, 0.6) is 0 Å². The summed E-state index contributed by atoms with van der Waals surface area (Å²) >= 11 is 0. The number of fused-ring (bicyclic) bond motifs is 1. The van der Waals surface area contributed by atoms with Crippen LogP contribution in [-0.4, -0.2) is 54.4 Å². The Hall–Kier alpha value is -0.610. The fourth-order valence-corrected chi connectivity index (χ4v) is 2.83. The van der Waals surface area contributed by atoms with Gasteiger partial charge in [0.1, 0.15) is 0 Å². The molecule has 98 valence electrons. The third-order valence-corrected chi connectivity index (χ3v) is 4.45. The van der Waals surface area contributed by atoms with E-state index in [9.17, 15) is 0 Å². The van der Waals surface area contributed by atoms with Crippen molar-refractivity contribution in [2.24, 2.45) is 11.1 Å². The Bertz CT molecular complexity index is 287. The molecular formula is C13H26N4. The van der Waals surface area contributed by atoms with Gasteiger partial charge in [-0.3, -0.25) is 10.3 Å². The van der Waals surface area contributed by atoms with Crippen LogP contribution in [0.15, 0.2) is 0 Å². The number of nitrogens with one attached hydrogen (secondary N) is 1. The topological polar surface area (TPSA) is 56.4 Å². The zero-order chi connectivity index (χ0) is 12.5. The lowest BCUT2D eigenvalue weighted by atomic mass is 9.88. The summed E-state index contributed by atoms with van der Waals surface area (Å²) in [4.78, 5) is 5.18. The van der Waals surface area contributed by atoms with Crippen LogP contribution in [0, 0.1) is 10.8 Å². The maximum atomic E-state index is 7.58. The Kier molecular flexibility index (Phi) is 3.73. The fraction of sp³-hybridized carbons (Fsp3) is 0.923. The molecule has 2 aliphatic heterocycles. The maximum Gasteiger partial charge on any atom is 0.0963 e. The maximum absolute atomic E-state index is 7.58. The van der Waals surface area contributed by atoms with Crippen LogP contribution >= 0.6 is 0 Å². The largest absolute Gasteiger partial charge is 0.387 e. The number of piperazine rings is 1. The molecule has 0 amide bonds. The van der Waals surface area contributed by atoms with Gasteiger partial charge in [0.2, 0.25) is 0 Å². The quantitative estimate of drug-likeness (QED) is 0.570. The first-order chi connectivity index (χ1) is 7.99. The smallest absolute Gasteiger partial charge is 0.0963 e. The van der Waals surface area contributed by atoms with Crippen molar-refractivity contribution in [1.82, 2.24) is 9.80 Å². The van der Waals surface area contributed by atoms with Crippen molar-refractivity contribution in [2.75, 3.05) is 32.7 Å². The molecule has 0 bridgehead atoms. The lowest BCUT2D eigenvalue weighted by Gasteiger charge is -2.38. The van der Waals surface area contributed by atoms with Crippen molar-refractivity contribution in [1.29, 1.82) is 5.41 Å². The molecule has 2 heterocycles. The second kappa shape index (κ2) is 4.94. The van der Waals surface area contributed by atoms with E-state index >= 15 is 0 Å². The summed E-state index contributed by atoms with van der Waals surface area (Å²) in [6.45, 7) is 10.2. The second-order valence-electron chi connectivity index (χ2n) is 6.18. The van der Waals surface area contributed by atoms with E-state index in [4.69, 9.17) is 11.1 Å². The van der Waals surface area contributed by atoms with Gasteiger partial charge < -0.3 is 10.6 Å².